The van der Waals surface area contributed by atoms with E-state index in [1.54, 1.807) is 4.68 Å². The molecule has 0 bridgehead atoms. The molecule has 1 aromatic heterocycles. The van der Waals surface area contributed by atoms with Crippen LogP contribution < -0.4 is 5.32 Å². The summed E-state index contributed by atoms with van der Waals surface area (Å²) in [6.07, 6.45) is 5.76. The van der Waals surface area contributed by atoms with Gasteiger partial charge in [-0.05, 0) is 51.4 Å². The molecule has 2 N–H and O–H groups in total. The van der Waals surface area contributed by atoms with Gasteiger partial charge in [0.2, 0.25) is 0 Å². The van der Waals surface area contributed by atoms with Gasteiger partial charge in [-0.3, -0.25) is 0 Å². The molecule has 0 aromatic carbocycles. The van der Waals surface area contributed by atoms with Crippen LogP contribution in [0.25, 0.3) is 0 Å². The van der Waals surface area contributed by atoms with Gasteiger partial charge < -0.3 is 15.3 Å². The van der Waals surface area contributed by atoms with Crippen LogP contribution in [0.15, 0.2) is 6.20 Å². The average Bonchev–Trinajstić information content (AvgIpc) is 2.89. The molecular weight excluding hydrogens is 254 g/mol. The SMILES string of the molecule is CC1CCN(CCCNCc2cn(CCO)nn2)CC1. The van der Waals surface area contributed by atoms with Crippen molar-refractivity contribution in [2.24, 2.45) is 5.92 Å². The second-order valence-electron chi connectivity index (χ2n) is 5.75. The van der Waals surface area contributed by atoms with E-state index in [2.05, 4.69) is 27.5 Å². The number of aliphatic hydroxyl groups is 1. The zero-order valence-electron chi connectivity index (χ0n) is 12.5. The first-order chi connectivity index (χ1) is 9.78. The molecule has 1 aromatic rings. The summed E-state index contributed by atoms with van der Waals surface area (Å²) in [6, 6.07) is 0. The van der Waals surface area contributed by atoms with Crippen LogP contribution >= 0.6 is 0 Å². The first-order valence-corrected chi connectivity index (χ1v) is 7.71. The van der Waals surface area contributed by atoms with E-state index in [4.69, 9.17) is 5.11 Å². The van der Waals surface area contributed by atoms with Gasteiger partial charge in [-0.2, -0.15) is 0 Å². The van der Waals surface area contributed by atoms with Crippen molar-refractivity contribution < 1.29 is 5.11 Å². The molecule has 1 aliphatic heterocycles. The summed E-state index contributed by atoms with van der Waals surface area (Å²) in [7, 11) is 0. The van der Waals surface area contributed by atoms with Crippen LogP contribution in [0, 0.1) is 5.92 Å². The van der Waals surface area contributed by atoms with E-state index in [-0.39, 0.29) is 6.61 Å². The lowest BCUT2D eigenvalue weighted by Gasteiger charge is -2.30. The van der Waals surface area contributed by atoms with Crippen LogP contribution in [-0.2, 0) is 13.1 Å². The highest BCUT2D eigenvalue weighted by molar-refractivity contribution is 4.91. The maximum absolute atomic E-state index is 8.81. The lowest BCUT2D eigenvalue weighted by molar-refractivity contribution is 0.190. The Morgan fingerprint density at radius 3 is 2.90 bits per heavy atom. The van der Waals surface area contributed by atoms with Crippen LogP contribution in [0.4, 0.5) is 0 Å². The van der Waals surface area contributed by atoms with Gasteiger partial charge in [-0.25, -0.2) is 4.68 Å². The van der Waals surface area contributed by atoms with Gasteiger partial charge >= 0.3 is 0 Å². The minimum atomic E-state index is 0.102. The second-order valence-corrected chi connectivity index (χ2v) is 5.75. The molecule has 20 heavy (non-hydrogen) atoms. The minimum Gasteiger partial charge on any atom is -0.394 e. The lowest BCUT2D eigenvalue weighted by Crippen LogP contribution is -2.34. The van der Waals surface area contributed by atoms with Gasteiger partial charge in [0.15, 0.2) is 0 Å². The lowest BCUT2D eigenvalue weighted by atomic mass is 9.99. The Morgan fingerprint density at radius 1 is 1.35 bits per heavy atom. The second kappa shape index (κ2) is 8.34. The first-order valence-electron chi connectivity index (χ1n) is 7.71. The van der Waals surface area contributed by atoms with Crippen LogP contribution in [0.2, 0.25) is 0 Å². The molecule has 0 saturated carbocycles. The standard InChI is InChI=1S/C14H27N5O/c1-13-3-7-18(8-4-13)6-2-5-15-11-14-12-19(9-10-20)17-16-14/h12-13,15,20H,2-11H2,1H3. The van der Waals surface area contributed by atoms with Gasteiger partial charge in [-0.15, -0.1) is 5.10 Å². The zero-order valence-corrected chi connectivity index (χ0v) is 12.5. The highest BCUT2D eigenvalue weighted by atomic mass is 16.3. The topological polar surface area (TPSA) is 66.2 Å². The highest BCUT2D eigenvalue weighted by Gasteiger charge is 2.14. The number of piperidine rings is 1. The van der Waals surface area contributed by atoms with Crippen molar-refractivity contribution in [1.29, 1.82) is 0 Å². The van der Waals surface area contributed by atoms with Crippen LogP contribution in [0.3, 0.4) is 0 Å². The molecule has 2 heterocycles. The van der Waals surface area contributed by atoms with Crippen molar-refractivity contribution in [3.8, 4) is 0 Å². The average molecular weight is 281 g/mol. The van der Waals surface area contributed by atoms with Crippen molar-refractivity contribution in [3.05, 3.63) is 11.9 Å². The fourth-order valence-electron chi connectivity index (χ4n) is 2.56. The van der Waals surface area contributed by atoms with Crippen molar-refractivity contribution >= 4 is 0 Å². The molecule has 114 valence electrons. The number of aliphatic hydroxyl groups excluding tert-OH is 1. The summed E-state index contributed by atoms with van der Waals surface area (Å²) >= 11 is 0. The molecule has 0 unspecified atom stereocenters. The van der Waals surface area contributed by atoms with Crippen molar-refractivity contribution in [2.75, 3.05) is 32.8 Å². The molecule has 2 rings (SSSR count). The van der Waals surface area contributed by atoms with Gasteiger partial charge in [0.25, 0.3) is 0 Å². The number of nitrogens with one attached hydrogen (secondary N) is 1. The third-order valence-electron chi connectivity index (χ3n) is 3.93. The number of nitrogens with zero attached hydrogens (tertiary/aromatic N) is 4. The highest BCUT2D eigenvalue weighted by Crippen LogP contribution is 2.15. The zero-order chi connectivity index (χ0) is 14.2. The van der Waals surface area contributed by atoms with E-state index in [0.717, 1.165) is 24.7 Å². The van der Waals surface area contributed by atoms with E-state index >= 15 is 0 Å². The summed E-state index contributed by atoms with van der Waals surface area (Å²) in [5, 5.41) is 20.2. The maximum Gasteiger partial charge on any atom is 0.0964 e. The Labute approximate surface area is 121 Å². The number of likely N-dealkylation sites (tertiary alicyclic amines) is 1. The minimum absolute atomic E-state index is 0.102. The Hall–Kier alpha value is -0.980. The number of hydrogen-bond donors (Lipinski definition) is 2. The fraction of sp³-hybridized carbons (Fsp3) is 0.857. The molecule has 6 nitrogen and oxygen atoms in total. The van der Waals surface area contributed by atoms with Crippen molar-refractivity contribution in [1.82, 2.24) is 25.2 Å². The summed E-state index contributed by atoms with van der Waals surface area (Å²) in [6.45, 7) is 8.44. The van der Waals surface area contributed by atoms with Crippen molar-refractivity contribution in [2.45, 2.75) is 39.3 Å². The molecule has 1 saturated heterocycles. The van der Waals surface area contributed by atoms with E-state index < -0.39 is 0 Å². The van der Waals surface area contributed by atoms with Gasteiger partial charge in [0.1, 0.15) is 0 Å². The fourth-order valence-corrected chi connectivity index (χ4v) is 2.56. The third kappa shape index (κ3) is 5.19. The summed E-state index contributed by atoms with van der Waals surface area (Å²) in [5.41, 5.74) is 0.935. The molecule has 0 atom stereocenters. The molecular formula is C14H27N5O. The molecule has 1 fully saturated rings. The summed E-state index contributed by atoms with van der Waals surface area (Å²) < 4.78 is 1.67. The molecule has 0 aliphatic carbocycles. The van der Waals surface area contributed by atoms with E-state index in [1.807, 2.05) is 6.20 Å². The predicted molar refractivity (Wildman–Crippen MR) is 78.3 cm³/mol. The molecule has 0 amide bonds. The number of rotatable bonds is 8. The third-order valence-corrected chi connectivity index (χ3v) is 3.93. The smallest absolute Gasteiger partial charge is 0.0964 e. The molecule has 0 radical (unpaired) electrons. The van der Waals surface area contributed by atoms with Crippen LogP contribution in [-0.4, -0.2) is 57.8 Å². The molecule has 1 aliphatic rings. The van der Waals surface area contributed by atoms with Crippen molar-refractivity contribution in [3.63, 3.8) is 0 Å². The largest absolute Gasteiger partial charge is 0.394 e. The predicted octanol–water partition coefficient (Wildman–Crippen LogP) is 0.482. The molecule has 6 heteroatoms. The quantitative estimate of drug-likeness (QED) is 0.679. The van der Waals surface area contributed by atoms with E-state index in [1.165, 1.54) is 38.9 Å². The van der Waals surface area contributed by atoms with Gasteiger partial charge in [0.05, 0.1) is 18.8 Å². The van der Waals surface area contributed by atoms with Crippen LogP contribution in [0.1, 0.15) is 31.9 Å². The van der Waals surface area contributed by atoms with Gasteiger partial charge in [0, 0.05) is 12.7 Å². The Balaban J connectivity index is 1.52. The monoisotopic (exact) mass is 281 g/mol. The number of aromatic nitrogens is 3. The normalized spacial score (nSPS) is 17.7. The summed E-state index contributed by atoms with van der Waals surface area (Å²) in [4.78, 5) is 2.57. The number of hydrogen-bond acceptors (Lipinski definition) is 5. The Bertz CT molecular complexity index is 373. The van der Waals surface area contributed by atoms with E-state index in [0.29, 0.717) is 6.54 Å². The Kier molecular flexibility index (Phi) is 6.42. The first kappa shape index (κ1) is 15.4. The molecule has 0 spiro atoms. The Morgan fingerprint density at radius 2 is 2.15 bits per heavy atom. The van der Waals surface area contributed by atoms with Gasteiger partial charge in [-0.1, -0.05) is 12.1 Å². The maximum atomic E-state index is 8.81. The summed E-state index contributed by atoms with van der Waals surface area (Å²) in [5.74, 6) is 0.908. The van der Waals surface area contributed by atoms with Crippen LogP contribution in [0.5, 0.6) is 0 Å². The van der Waals surface area contributed by atoms with E-state index in [9.17, 15) is 0 Å².